The van der Waals surface area contributed by atoms with Crippen LogP contribution in [0.25, 0.3) is 0 Å². The van der Waals surface area contributed by atoms with Gasteiger partial charge in [0.2, 0.25) is 5.91 Å². The molecule has 0 aliphatic heterocycles. The fourth-order valence-electron chi connectivity index (χ4n) is 2.16. The number of nitrogen functional groups attached to an aromatic ring is 1. The van der Waals surface area contributed by atoms with Gasteiger partial charge in [-0.2, -0.15) is 10.5 Å². The largest absolute Gasteiger partial charge is 0.325 e. The maximum atomic E-state index is 12.2. The summed E-state index contributed by atoms with van der Waals surface area (Å²) in [5.41, 5.74) is 8.98. The van der Waals surface area contributed by atoms with Gasteiger partial charge in [0.25, 0.3) is 5.82 Å². The van der Waals surface area contributed by atoms with Crippen LogP contribution in [-0.2, 0) is 4.79 Å². The SMILES string of the molecule is Cc1cccc(C)c1NC(=O)CSc1[nH+]c(N)c(C#N)cc1C#N. The number of aryl methyl sites for hydroxylation is 2. The van der Waals surface area contributed by atoms with Gasteiger partial charge in [-0.05, 0) is 31.0 Å². The van der Waals surface area contributed by atoms with Gasteiger partial charge in [-0.1, -0.05) is 30.0 Å². The smallest absolute Gasteiger partial charge is 0.289 e. The molecule has 1 aromatic heterocycles. The second kappa shape index (κ2) is 7.49. The predicted octanol–water partition coefficient (Wildman–Crippen LogP) is 2.17. The first-order valence-corrected chi connectivity index (χ1v) is 8.09. The highest BCUT2D eigenvalue weighted by atomic mass is 32.2. The van der Waals surface area contributed by atoms with Gasteiger partial charge in [0.05, 0.1) is 5.75 Å². The number of carbonyl (C=O) groups excluding carboxylic acids is 1. The molecule has 1 aromatic carbocycles. The van der Waals surface area contributed by atoms with Crippen molar-refractivity contribution in [2.75, 3.05) is 16.8 Å². The third kappa shape index (κ3) is 3.83. The molecule has 0 fully saturated rings. The van der Waals surface area contributed by atoms with Crippen LogP contribution in [0.15, 0.2) is 29.3 Å². The average Bonchev–Trinajstić information content (AvgIpc) is 2.56. The van der Waals surface area contributed by atoms with Gasteiger partial charge in [0, 0.05) is 5.69 Å². The fraction of sp³-hybridized carbons (Fsp3) is 0.176. The van der Waals surface area contributed by atoms with Crippen molar-refractivity contribution < 1.29 is 9.78 Å². The topological polar surface area (TPSA) is 117 Å². The van der Waals surface area contributed by atoms with Crippen molar-refractivity contribution in [2.24, 2.45) is 0 Å². The van der Waals surface area contributed by atoms with E-state index in [0.29, 0.717) is 5.03 Å². The summed E-state index contributed by atoms with van der Waals surface area (Å²) in [6, 6.07) is 11.1. The molecular weight excluding hydrogens is 322 g/mol. The van der Waals surface area contributed by atoms with Crippen molar-refractivity contribution in [3.8, 4) is 12.1 Å². The fourth-order valence-corrected chi connectivity index (χ4v) is 2.95. The van der Waals surface area contributed by atoms with Crippen LogP contribution in [0.2, 0.25) is 0 Å². The Labute approximate surface area is 144 Å². The Morgan fingerprint density at radius 3 is 2.46 bits per heavy atom. The Morgan fingerprint density at radius 2 is 1.88 bits per heavy atom. The number of nitriles is 2. The van der Waals surface area contributed by atoms with E-state index in [-0.39, 0.29) is 28.6 Å². The number of carbonyl (C=O) groups is 1. The molecule has 120 valence electrons. The molecule has 2 rings (SSSR count). The summed E-state index contributed by atoms with van der Waals surface area (Å²) >= 11 is 1.16. The number of nitrogens with zero attached hydrogens (tertiary/aromatic N) is 2. The van der Waals surface area contributed by atoms with E-state index in [0.717, 1.165) is 28.6 Å². The Bertz CT molecular complexity index is 860. The van der Waals surface area contributed by atoms with Crippen LogP contribution >= 0.6 is 11.8 Å². The molecular formula is C17H16N5OS+. The number of hydrogen-bond donors (Lipinski definition) is 2. The van der Waals surface area contributed by atoms with E-state index in [1.807, 2.05) is 44.2 Å². The average molecular weight is 338 g/mol. The Morgan fingerprint density at radius 1 is 1.25 bits per heavy atom. The molecule has 0 saturated heterocycles. The van der Waals surface area contributed by atoms with Gasteiger partial charge in [-0.3, -0.25) is 10.5 Å². The van der Waals surface area contributed by atoms with Crippen molar-refractivity contribution in [1.29, 1.82) is 10.5 Å². The monoisotopic (exact) mass is 338 g/mol. The number of para-hydroxylation sites is 1. The van der Waals surface area contributed by atoms with Gasteiger partial charge in [-0.25, -0.2) is 4.98 Å². The standard InChI is InChI=1S/C17H15N5OS/c1-10-4-3-5-11(2)15(10)21-14(23)9-24-17-13(8-19)6-12(7-18)16(20)22-17/h3-6H,9H2,1-2H3,(H2,20,22)(H,21,23)/p+1. The van der Waals surface area contributed by atoms with E-state index >= 15 is 0 Å². The number of H-pyrrole nitrogens is 1. The lowest BCUT2D eigenvalue weighted by Crippen LogP contribution is -2.20. The van der Waals surface area contributed by atoms with Crippen molar-refractivity contribution in [3.63, 3.8) is 0 Å². The van der Waals surface area contributed by atoms with Crippen LogP contribution in [-0.4, -0.2) is 11.7 Å². The van der Waals surface area contributed by atoms with E-state index in [1.165, 1.54) is 6.07 Å². The molecule has 24 heavy (non-hydrogen) atoms. The summed E-state index contributed by atoms with van der Waals surface area (Å²) in [5, 5.41) is 21.4. The molecule has 0 atom stereocenters. The number of nitrogens with one attached hydrogen (secondary N) is 2. The highest BCUT2D eigenvalue weighted by molar-refractivity contribution is 7.99. The third-order valence-corrected chi connectivity index (χ3v) is 4.42. The van der Waals surface area contributed by atoms with Crippen LogP contribution in [0.4, 0.5) is 11.5 Å². The molecule has 4 N–H and O–H groups in total. The highest BCUT2D eigenvalue weighted by Crippen LogP contribution is 2.22. The highest BCUT2D eigenvalue weighted by Gasteiger charge is 2.16. The van der Waals surface area contributed by atoms with Gasteiger partial charge >= 0.3 is 0 Å². The predicted molar refractivity (Wildman–Crippen MR) is 92.1 cm³/mol. The minimum Gasteiger partial charge on any atom is -0.325 e. The molecule has 0 unspecified atom stereocenters. The lowest BCUT2D eigenvalue weighted by Gasteiger charge is -2.11. The summed E-state index contributed by atoms with van der Waals surface area (Å²) in [7, 11) is 0. The van der Waals surface area contributed by atoms with Crippen LogP contribution in [0, 0.1) is 36.5 Å². The molecule has 0 aliphatic carbocycles. The second-order valence-corrected chi connectivity index (χ2v) is 6.15. The van der Waals surface area contributed by atoms with Crippen LogP contribution in [0.1, 0.15) is 22.3 Å². The Kier molecular flexibility index (Phi) is 5.41. The number of amides is 1. The number of benzene rings is 1. The molecule has 0 spiro atoms. The van der Waals surface area contributed by atoms with E-state index < -0.39 is 0 Å². The van der Waals surface area contributed by atoms with Crippen molar-refractivity contribution in [1.82, 2.24) is 0 Å². The number of rotatable bonds is 4. The molecule has 0 radical (unpaired) electrons. The normalized spacial score (nSPS) is 9.83. The number of thioether (sulfide) groups is 1. The van der Waals surface area contributed by atoms with E-state index in [4.69, 9.17) is 16.3 Å². The number of aromatic nitrogens is 1. The number of pyridine rings is 1. The molecule has 0 saturated carbocycles. The lowest BCUT2D eigenvalue weighted by molar-refractivity contribution is -0.410. The third-order valence-electron chi connectivity index (χ3n) is 3.41. The van der Waals surface area contributed by atoms with E-state index in [1.54, 1.807) is 0 Å². The van der Waals surface area contributed by atoms with Crippen LogP contribution in [0.3, 0.4) is 0 Å². The van der Waals surface area contributed by atoms with Gasteiger partial charge < -0.3 is 5.32 Å². The molecule has 1 heterocycles. The zero-order valence-corrected chi connectivity index (χ0v) is 14.1. The summed E-state index contributed by atoms with van der Waals surface area (Å²) in [6.07, 6.45) is 0. The minimum absolute atomic E-state index is 0.115. The van der Waals surface area contributed by atoms with Crippen LogP contribution < -0.4 is 16.0 Å². The number of hydrogen-bond acceptors (Lipinski definition) is 5. The Hall–Kier alpha value is -3.03. The first-order chi connectivity index (χ1) is 11.5. The molecule has 0 aliphatic rings. The van der Waals surface area contributed by atoms with Crippen molar-refractivity contribution in [3.05, 3.63) is 46.5 Å². The Balaban J connectivity index is 2.11. The van der Waals surface area contributed by atoms with Crippen molar-refractivity contribution in [2.45, 2.75) is 18.9 Å². The lowest BCUT2D eigenvalue weighted by atomic mass is 10.1. The summed E-state index contributed by atoms with van der Waals surface area (Å²) in [5.74, 6) is 0.108. The summed E-state index contributed by atoms with van der Waals surface area (Å²) < 4.78 is 0. The quantitative estimate of drug-likeness (QED) is 0.829. The molecule has 6 nitrogen and oxygen atoms in total. The van der Waals surface area contributed by atoms with E-state index in [9.17, 15) is 4.79 Å². The van der Waals surface area contributed by atoms with Gasteiger partial charge in [0.15, 0.2) is 5.03 Å². The molecule has 0 bridgehead atoms. The summed E-state index contributed by atoms with van der Waals surface area (Å²) in [4.78, 5) is 15.0. The van der Waals surface area contributed by atoms with Crippen molar-refractivity contribution >= 4 is 29.2 Å². The maximum Gasteiger partial charge on any atom is 0.289 e. The van der Waals surface area contributed by atoms with E-state index in [2.05, 4.69) is 10.3 Å². The molecule has 2 aromatic rings. The zero-order valence-electron chi connectivity index (χ0n) is 13.3. The number of anilines is 2. The summed E-state index contributed by atoms with van der Waals surface area (Å²) in [6.45, 7) is 3.86. The maximum absolute atomic E-state index is 12.2. The molecule has 1 amide bonds. The first-order valence-electron chi connectivity index (χ1n) is 7.11. The number of nitrogens with two attached hydrogens (primary N) is 1. The zero-order chi connectivity index (χ0) is 17.7. The second-order valence-electron chi connectivity index (χ2n) is 5.17. The molecule has 7 heteroatoms. The number of aromatic amines is 1. The van der Waals surface area contributed by atoms with Gasteiger partial charge in [-0.15, -0.1) is 0 Å². The minimum atomic E-state index is -0.183. The first kappa shape index (κ1) is 17.3. The van der Waals surface area contributed by atoms with Crippen LogP contribution in [0.5, 0.6) is 0 Å². The van der Waals surface area contributed by atoms with Gasteiger partial charge in [0.1, 0.15) is 23.3 Å².